The Morgan fingerprint density at radius 3 is 2.86 bits per heavy atom. The van der Waals surface area contributed by atoms with Gasteiger partial charge in [0.25, 0.3) is 0 Å². The Hall–Kier alpha value is -2.50. The van der Waals surface area contributed by atoms with Crippen molar-refractivity contribution in [3.8, 4) is 0 Å². The van der Waals surface area contributed by atoms with Gasteiger partial charge in [-0.25, -0.2) is 13.6 Å². The van der Waals surface area contributed by atoms with Crippen LogP contribution < -0.4 is 0 Å². The summed E-state index contributed by atoms with van der Waals surface area (Å²) in [4.78, 5) is 11.2. The molecule has 0 fully saturated rings. The maximum atomic E-state index is 13.8. The molecule has 0 amide bonds. The van der Waals surface area contributed by atoms with Crippen molar-refractivity contribution in [2.75, 3.05) is 0 Å². The first-order valence-corrected chi connectivity index (χ1v) is 6.44. The molecule has 4 nitrogen and oxygen atoms in total. The third-order valence-corrected chi connectivity index (χ3v) is 3.47. The molecule has 1 heterocycles. The lowest BCUT2D eigenvalue weighted by Gasteiger charge is -2.18. The number of nitrogens with zero attached hydrogens (tertiary/aromatic N) is 2. The van der Waals surface area contributed by atoms with Crippen molar-refractivity contribution >= 4 is 16.9 Å². The molecule has 0 bridgehead atoms. The zero-order chi connectivity index (χ0) is 15.0. The molecule has 0 spiro atoms. The van der Waals surface area contributed by atoms with Crippen LogP contribution in [0.1, 0.15) is 10.5 Å². The van der Waals surface area contributed by atoms with Crippen LogP contribution in [0.25, 0.3) is 10.9 Å². The van der Waals surface area contributed by atoms with Crippen LogP contribution in [-0.2, 0) is 6.54 Å². The SMILES string of the molecule is O=C(O)c1nn(CC2C=CC(F)=CC2F)c2ccccc12. The molecule has 0 radical (unpaired) electrons. The Kier molecular flexibility index (Phi) is 3.29. The van der Waals surface area contributed by atoms with E-state index in [4.69, 9.17) is 5.11 Å². The number of benzene rings is 1. The number of carboxylic acids is 1. The molecule has 21 heavy (non-hydrogen) atoms. The van der Waals surface area contributed by atoms with E-state index < -0.39 is 23.9 Å². The molecule has 3 rings (SSSR count). The Balaban J connectivity index is 1.98. The normalized spacial score (nSPS) is 21.5. The van der Waals surface area contributed by atoms with Gasteiger partial charge in [-0.3, -0.25) is 4.68 Å². The van der Waals surface area contributed by atoms with Crippen molar-refractivity contribution in [3.63, 3.8) is 0 Å². The van der Waals surface area contributed by atoms with E-state index in [2.05, 4.69) is 5.10 Å². The minimum Gasteiger partial charge on any atom is -0.476 e. The monoisotopic (exact) mass is 290 g/mol. The average molecular weight is 290 g/mol. The molecule has 1 N–H and O–H groups in total. The molecule has 1 aliphatic rings. The minimum absolute atomic E-state index is 0.0671. The maximum absolute atomic E-state index is 13.8. The molecule has 2 atom stereocenters. The summed E-state index contributed by atoms with van der Waals surface area (Å²) in [6.07, 6.45) is 2.11. The first-order chi connectivity index (χ1) is 10.1. The summed E-state index contributed by atoms with van der Waals surface area (Å²) in [6, 6.07) is 6.86. The van der Waals surface area contributed by atoms with Gasteiger partial charge in [-0.2, -0.15) is 5.10 Å². The van der Waals surface area contributed by atoms with E-state index in [0.717, 1.165) is 6.08 Å². The molecule has 1 aromatic carbocycles. The summed E-state index contributed by atoms with van der Waals surface area (Å²) >= 11 is 0. The van der Waals surface area contributed by atoms with Crippen molar-refractivity contribution in [2.24, 2.45) is 5.92 Å². The fourth-order valence-electron chi connectivity index (χ4n) is 2.44. The summed E-state index contributed by atoms with van der Waals surface area (Å²) in [5, 5.41) is 13.7. The summed E-state index contributed by atoms with van der Waals surface area (Å²) in [5.41, 5.74) is 0.549. The summed E-state index contributed by atoms with van der Waals surface area (Å²) < 4.78 is 28.2. The average Bonchev–Trinajstić information content (AvgIpc) is 2.81. The lowest BCUT2D eigenvalue weighted by Crippen LogP contribution is -2.21. The smallest absolute Gasteiger partial charge is 0.357 e. The molecule has 0 saturated heterocycles. The summed E-state index contributed by atoms with van der Waals surface area (Å²) in [5.74, 6) is -2.31. The largest absolute Gasteiger partial charge is 0.476 e. The van der Waals surface area contributed by atoms with E-state index in [-0.39, 0.29) is 12.2 Å². The van der Waals surface area contributed by atoms with Gasteiger partial charge in [0.05, 0.1) is 12.1 Å². The van der Waals surface area contributed by atoms with Gasteiger partial charge in [0.2, 0.25) is 0 Å². The van der Waals surface area contributed by atoms with Crippen molar-refractivity contribution in [2.45, 2.75) is 12.7 Å². The minimum atomic E-state index is -1.45. The number of carboxylic acid groups (broad SMARTS) is 1. The van der Waals surface area contributed by atoms with Crippen molar-refractivity contribution < 1.29 is 18.7 Å². The van der Waals surface area contributed by atoms with E-state index in [1.807, 2.05) is 0 Å². The molecule has 2 unspecified atom stereocenters. The second kappa shape index (κ2) is 5.12. The highest BCUT2D eigenvalue weighted by Crippen LogP contribution is 2.25. The number of halogens is 2. The predicted molar refractivity (Wildman–Crippen MR) is 73.4 cm³/mol. The lowest BCUT2D eigenvalue weighted by molar-refractivity contribution is 0.0691. The highest BCUT2D eigenvalue weighted by molar-refractivity contribution is 6.01. The second-order valence-electron chi connectivity index (χ2n) is 4.87. The first kappa shape index (κ1) is 13.5. The molecular weight excluding hydrogens is 278 g/mol. The highest BCUT2D eigenvalue weighted by atomic mass is 19.1. The van der Waals surface area contributed by atoms with E-state index in [1.54, 1.807) is 24.3 Å². The molecule has 0 saturated carbocycles. The molecule has 6 heteroatoms. The van der Waals surface area contributed by atoms with Crippen LogP contribution in [0.4, 0.5) is 8.78 Å². The molecule has 1 aliphatic carbocycles. The number of aromatic carboxylic acids is 1. The Labute approximate surface area is 119 Å². The highest BCUT2D eigenvalue weighted by Gasteiger charge is 2.24. The lowest BCUT2D eigenvalue weighted by atomic mass is 9.98. The van der Waals surface area contributed by atoms with Gasteiger partial charge in [0.15, 0.2) is 5.69 Å². The van der Waals surface area contributed by atoms with Crippen LogP contribution in [0.2, 0.25) is 0 Å². The van der Waals surface area contributed by atoms with Gasteiger partial charge in [-0.05, 0) is 18.2 Å². The summed E-state index contributed by atoms with van der Waals surface area (Å²) in [6.45, 7) is 0.148. The quantitative estimate of drug-likeness (QED) is 0.945. The van der Waals surface area contributed by atoms with E-state index in [0.29, 0.717) is 10.9 Å². The van der Waals surface area contributed by atoms with Gasteiger partial charge in [-0.15, -0.1) is 0 Å². The number of carbonyl (C=O) groups is 1. The zero-order valence-electron chi connectivity index (χ0n) is 10.9. The van der Waals surface area contributed by atoms with Gasteiger partial charge in [-0.1, -0.05) is 24.3 Å². The van der Waals surface area contributed by atoms with E-state index >= 15 is 0 Å². The van der Waals surface area contributed by atoms with Crippen molar-refractivity contribution in [1.29, 1.82) is 0 Å². The molecular formula is C15H12F2N2O2. The van der Waals surface area contributed by atoms with Crippen LogP contribution in [0, 0.1) is 5.92 Å². The first-order valence-electron chi connectivity index (χ1n) is 6.44. The van der Waals surface area contributed by atoms with Crippen LogP contribution in [0.3, 0.4) is 0 Å². The third kappa shape index (κ3) is 2.44. The number of para-hydroxylation sites is 1. The van der Waals surface area contributed by atoms with Crippen LogP contribution in [0.5, 0.6) is 0 Å². The number of alkyl halides is 1. The number of hydrogen-bond acceptors (Lipinski definition) is 2. The topological polar surface area (TPSA) is 55.1 Å². The van der Waals surface area contributed by atoms with Gasteiger partial charge < -0.3 is 5.11 Å². The number of aromatic nitrogens is 2. The molecule has 1 aromatic heterocycles. The zero-order valence-corrected chi connectivity index (χ0v) is 10.9. The van der Waals surface area contributed by atoms with Crippen LogP contribution >= 0.6 is 0 Å². The molecule has 108 valence electrons. The Morgan fingerprint density at radius 2 is 2.14 bits per heavy atom. The Morgan fingerprint density at radius 1 is 1.38 bits per heavy atom. The maximum Gasteiger partial charge on any atom is 0.357 e. The van der Waals surface area contributed by atoms with Gasteiger partial charge in [0, 0.05) is 11.3 Å². The fourth-order valence-corrected chi connectivity index (χ4v) is 2.44. The number of allylic oxidation sites excluding steroid dienone is 4. The van der Waals surface area contributed by atoms with Crippen molar-refractivity contribution in [1.82, 2.24) is 9.78 Å². The summed E-state index contributed by atoms with van der Waals surface area (Å²) in [7, 11) is 0. The number of fused-ring (bicyclic) bond motifs is 1. The van der Waals surface area contributed by atoms with Gasteiger partial charge >= 0.3 is 5.97 Å². The molecule has 0 aliphatic heterocycles. The third-order valence-electron chi connectivity index (χ3n) is 3.47. The standard InChI is InChI=1S/C15H12F2N2O2/c16-10-6-5-9(12(17)7-10)8-19-13-4-2-1-3-11(13)14(18-19)15(20)21/h1-7,9,12H,8H2,(H,20,21). The van der Waals surface area contributed by atoms with E-state index in [1.165, 1.54) is 16.8 Å². The number of hydrogen-bond donors (Lipinski definition) is 1. The predicted octanol–water partition coefficient (Wildman–Crippen LogP) is 3.11. The molecule has 2 aromatic rings. The number of rotatable bonds is 3. The second-order valence-corrected chi connectivity index (χ2v) is 4.87. The Bertz CT molecular complexity index is 764. The van der Waals surface area contributed by atoms with Gasteiger partial charge in [0.1, 0.15) is 12.0 Å². The van der Waals surface area contributed by atoms with Crippen LogP contribution in [0.15, 0.2) is 48.3 Å². The fraction of sp³-hybridized carbons (Fsp3) is 0.200. The van der Waals surface area contributed by atoms with E-state index in [9.17, 15) is 13.6 Å². The van der Waals surface area contributed by atoms with Crippen LogP contribution in [-0.4, -0.2) is 27.0 Å². The van der Waals surface area contributed by atoms with Crippen molar-refractivity contribution in [3.05, 3.63) is 54.0 Å².